The van der Waals surface area contributed by atoms with Crippen molar-refractivity contribution in [1.29, 1.82) is 0 Å². The standard InChI is InChI=1S/C13H24N4O2/c14-11-7-15-17(8-11)10-13(19)9-16-5-1-3-12(16)4-2-6-18/h7-8,12-13,18-19H,1-6,9-10,14H2. The summed E-state index contributed by atoms with van der Waals surface area (Å²) in [4.78, 5) is 2.33. The molecule has 0 amide bonds. The molecule has 0 radical (unpaired) electrons. The number of nitrogens with two attached hydrogens (primary N) is 1. The number of rotatable bonds is 7. The van der Waals surface area contributed by atoms with Gasteiger partial charge in [0.05, 0.1) is 24.5 Å². The molecule has 0 spiro atoms. The van der Waals surface area contributed by atoms with Gasteiger partial charge in [-0.15, -0.1) is 0 Å². The summed E-state index contributed by atoms with van der Waals surface area (Å²) in [5.41, 5.74) is 6.22. The van der Waals surface area contributed by atoms with Gasteiger partial charge in [-0.2, -0.15) is 5.10 Å². The molecule has 1 aromatic rings. The molecule has 2 unspecified atom stereocenters. The van der Waals surface area contributed by atoms with E-state index in [1.165, 1.54) is 12.8 Å². The molecule has 108 valence electrons. The van der Waals surface area contributed by atoms with Crippen LogP contribution in [0.4, 0.5) is 5.69 Å². The van der Waals surface area contributed by atoms with Crippen LogP contribution in [0.15, 0.2) is 12.4 Å². The summed E-state index contributed by atoms with van der Waals surface area (Å²) in [5.74, 6) is 0. The molecule has 6 heteroatoms. The van der Waals surface area contributed by atoms with Crippen molar-refractivity contribution >= 4 is 5.69 Å². The molecule has 0 aliphatic carbocycles. The van der Waals surface area contributed by atoms with Crippen molar-refractivity contribution in [1.82, 2.24) is 14.7 Å². The maximum atomic E-state index is 10.1. The molecule has 0 saturated carbocycles. The molecule has 0 bridgehead atoms. The Balaban J connectivity index is 1.79. The quantitative estimate of drug-likeness (QED) is 0.651. The van der Waals surface area contributed by atoms with Gasteiger partial charge < -0.3 is 15.9 Å². The Kier molecular flexibility index (Phi) is 5.18. The molecule has 19 heavy (non-hydrogen) atoms. The van der Waals surface area contributed by atoms with Crippen molar-refractivity contribution in [2.45, 2.75) is 44.4 Å². The summed E-state index contributed by atoms with van der Waals surface area (Å²) in [5, 5.41) is 23.1. The number of β-amino-alcohol motifs (C(OH)–C–C–N with tert-alkyl or cyclic N) is 1. The Morgan fingerprint density at radius 1 is 1.47 bits per heavy atom. The minimum atomic E-state index is -0.436. The first-order chi connectivity index (χ1) is 9.19. The average molecular weight is 268 g/mol. The molecular weight excluding hydrogens is 244 g/mol. The summed E-state index contributed by atoms with van der Waals surface area (Å²) >= 11 is 0. The predicted octanol–water partition coefficient (Wildman–Crippen LogP) is 0.0631. The molecule has 1 fully saturated rings. The third-order valence-corrected chi connectivity index (χ3v) is 3.69. The van der Waals surface area contributed by atoms with E-state index in [0.717, 1.165) is 19.4 Å². The maximum Gasteiger partial charge on any atom is 0.0862 e. The summed E-state index contributed by atoms with van der Waals surface area (Å²) in [6, 6.07) is 0.504. The number of hydrogen-bond donors (Lipinski definition) is 3. The first-order valence-corrected chi connectivity index (χ1v) is 7.00. The van der Waals surface area contributed by atoms with Crippen LogP contribution in [0.1, 0.15) is 25.7 Å². The van der Waals surface area contributed by atoms with E-state index in [2.05, 4.69) is 10.00 Å². The summed E-state index contributed by atoms with van der Waals surface area (Å²) in [6.45, 7) is 2.42. The van der Waals surface area contributed by atoms with Crippen LogP contribution < -0.4 is 5.73 Å². The van der Waals surface area contributed by atoms with E-state index in [9.17, 15) is 5.11 Å². The Morgan fingerprint density at radius 3 is 3.00 bits per heavy atom. The van der Waals surface area contributed by atoms with Crippen LogP contribution in [-0.2, 0) is 6.54 Å². The highest BCUT2D eigenvalue weighted by Gasteiger charge is 2.25. The number of aliphatic hydroxyl groups excluding tert-OH is 2. The molecule has 1 saturated heterocycles. The van der Waals surface area contributed by atoms with Gasteiger partial charge in [-0.25, -0.2) is 0 Å². The van der Waals surface area contributed by atoms with E-state index in [0.29, 0.717) is 24.8 Å². The first-order valence-electron chi connectivity index (χ1n) is 7.00. The van der Waals surface area contributed by atoms with Crippen LogP contribution in [0.3, 0.4) is 0 Å². The second-order valence-corrected chi connectivity index (χ2v) is 5.31. The van der Waals surface area contributed by atoms with Gasteiger partial charge in [0, 0.05) is 25.4 Å². The lowest BCUT2D eigenvalue weighted by molar-refractivity contribution is 0.0856. The zero-order valence-electron chi connectivity index (χ0n) is 11.3. The van der Waals surface area contributed by atoms with Crippen LogP contribution in [0, 0.1) is 0 Å². The zero-order valence-corrected chi connectivity index (χ0v) is 11.3. The van der Waals surface area contributed by atoms with E-state index < -0.39 is 6.10 Å². The lowest BCUT2D eigenvalue weighted by atomic mass is 10.1. The van der Waals surface area contributed by atoms with Crippen LogP contribution in [0.25, 0.3) is 0 Å². The number of nitrogen functional groups attached to an aromatic ring is 1. The third kappa shape index (κ3) is 4.19. The van der Waals surface area contributed by atoms with Crippen molar-refractivity contribution in [2.75, 3.05) is 25.4 Å². The van der Waals surface area contributed by atoms with E-state index in [-0.39, 0.29) is 6.61 Å². The molecule has 6 nitrogen and oxygen atoms in total. The molecule has 1 aromatic heterocycles. The molecule has 2 atom stereocenters. The Hall–Kier alpha value is -1.11. The Labute approximate surface area is 113 Å². The largest absolute Gasteiger partial charge is 0.396 e. The van der Waals surface area contributed by atoms with Gasteiger partial charge in [0.15, 0.2) is 0 Å². The van der Waals surface area contributed by atoms with E-state index in [4.69, 9.17) is 10.8 Å². The van der Waals surface area contributed by atoms with Gasteiger partial charge in [0.25, 0.3) is 0 Å². The summed E-state index contributed by atoms with van der Waals surface area (Å²) in [7, 11) is 0. The summed E-state index contributed by atoms with van der Waals surface area (Å²) < 4.78 is 1.68. The van der Waals surface area contributed by atoms with Gasteiger partial charge in [0.1, 0.15) is 0 Å². The molecule has 0 aromatic carbocycles. The maximum absolute atomic E-state index is 10.1. The number of likely N-dealkylation sites (tertiary alicyclic amines) is 1. The van der Waals surface area contributed by atoms with E-state index in [1.807, 2.05) is 0 Å². The topological polar surface area (TPSA) is 87.5 Å². The van der Waals surface area contributed by atoms with E-state index >= 15 is 0 Å². The summed E-state index contributed by atoms with van der Waals surface area (Å²) in [6.07, 6.45) is 7.08. The minimum Gasteiger partial charge on any atom is -0.396 e. The molecule has 2 heterocycles. The van der Waals surface area contributed by atoms with Crippen molar-refractivity contribution in [3.63, 3.8) is 0 Å². The predicted molar refractivity (Wildman–Crippen MR) is 73.6 cm³/mol. The Morgan fingerprint density at radius 2 is 2.32 bits per heavy atom. The highest BCUT2D eigenvalue weighted by Crippen LogP contribution is 2.21. The van der Waals surface area contributed by atoms with Crippen LogP contribution in [-0.4, -0.2) is 56.7 Å². The second-order valence-electron chi connectivity index (χ2n) is 5.31. The fourth-order valence-corrected chi connectivity index (χ4v) is 2.81. The first kappa shape index (κ1) is 14.3. The van der Waals surface area contributed by atoms with Crippen LogP contribution in [0.2, 0.25) is 0 Å². The van der Waals surface area contributed by atoms with Gasteiger partial charge in [-0.05, 0) is 32.2 Å². The zero-order chi connectivity index (χ0) is 13.7. The van der Waals surface area contributed by atoms with Gasteiger partial charge >= 0.3 is 0 Å². The SMILES string of the molecule is Nc1cnn(CC(O)CN2CCCC2CCCO)c1. The Bertz CT molecular complexity index is 382. The van der Waals surface area contributed by atoms with Crippen molar-refractivity contribution in [2.24, 2.45) is 0 Å². The van der Waals surface area contributed by atoms with Gasteiger partial charge in [-0.1, -0.05) is 0 Å². The number of nitrogens with zero attached hydrogens (tertiary/aromatic N) is 3. The normalized spacial score (nSPS) is 21.9. The smallest absolute Gasteiger partial charge is 0.0862 e. The molecule has 1 aliphatic heterocycles. The third-order valence-electron chi connectivity index (χ3n) is 3.69. The minimum absolute atomic E-state index is 0.249. The van der Waals surface area contributed by atoms with E-state index in [1.54, 1.807) is 17.1 Å². The van der Waals surface area contributed by atoms with Gasteiger partial charge in [0.2, 0.25) is 0 Å². The van der Waals surface area contributed by atoms with Crippen LogP contribution in [0.5, 0.6) is 0 Å². The number of aromatic nitrogens is 2. The lowest BCUT2D eigenvalue weighted by Gasteiger charge is -2.26. The number of anilines is 1. The highest BCUT2D eigenvalue weighted by molar-refractivity contribution is 5.30. The highest BCUT2D eigenvalue weighted by atomic mass is 16.3. The molecular formula is C13H24N4O2. The average Bonchev–Trinajstić information content (AvgIpc) is 2.96. The van der Waals surface area contributed by atoms with Crippen molar-refractivity contribution in [3.05, 3.63) is 12.4 Å². The van der Waals surface area contributed by atoms with Crippen molar-refractivity contribution < 1.29 is 10.2 Å². The fraction of sp³-hybridized carbons (Fsp3) is 0.769. The lowest BCUT2D eigenvalue weighted by Crippen LogP contribution is -2.38. The molecule has 2 rings (SSSR count). The van der Waals surface area contributed by atoms with Gasteiger partial charge in [-0.3, -0.25) is 9.58 Å². The van der Waals surface area contributed by atoms with Crippen molar-refractivity contribution in [3.8, 4) is 0 Å². The second kappa shape index (κ2) is 6.88. The number of aliphatic hydroxyl groups is 2. The van der Waals surface area contributed by atoms with Crippen LogP contribution >= 0.6 is 0 Å². The molecule has 4 N–H and O–H groups in total. The molecule has 1 aliphatic rings. The monoisotopic (exact) mass is 268 g/mol. The number of hydrogen-bond acceptors (Lipinski definition) is 5. The fourth-order valence-electron chi connectivity index (χ4n) is 2.81.